The molecule has 0 radical (unpaired) electrons. The van der Waals surface area contributed by atoms with Crippen LogP contribution < -0.4 is 5.32 Å². The summed E-state index contributed by atoms with van der Waals surface area (Å²) >= 11 is 0. The first-order valence-electron chi connectivity index (χ1n) is 28.7. The van der Waals surface area contributed by atoms with Crippen molar-refractivity contribution in [2.24, 2.45) is 0 Å². The van der Waals surface area contributed by atoms with Crippen molar-refractivity contribution in [1.29, 1.82) is 0 Å². The normalized spacial score (nSPS) is 31.3. The van der Waals surface area contributed by atoms with Crippen LogP contribution in [-0.2, 0) is 33.2 Å². The van der Waals surface area contributed by atoms with Crippen LogP contribution in [0.5, 0.6) is 0 Å². The largest absolute Gasteiger partial charge is 0.394 e. The fourth-order valence-electron chi connectivity index (χ4n) is 9.33. The number of ether oxygens (including phenoxy) is 6. The highest BCUT2D eigenvalue weighted by atomic mass is 16.8. The summed E-state index contributed by atoms with van der Waals surface area (Å²) in [6.45, 7) is 1.58. The molecule has 3 heterocycles. The van der Waals surface area contributed by atoms with E-state index < -0.39 is 124 Å². The number of aliphatic hydroxyl groups is 11. The minimum absolute atomic E-state index is 0.137. The smallest absolute Gasteiger partial charge is 0.220 e. The lowest BCUT2D eigenvalue weighted by atomic mass is 9.96. The van der Waals surface area contributed by atoms with E-state index in [1.54, 1.807) is 0 Å². The van der Waals surface area contributed by atoms with Gasteiger partial charge in [0.1, 0.15) is 73.2 Å². The molecule has 12 N–H and O–H groups in total. The lowest BCUT2D eigenvalue weighted by molar-refractivity contribution is -0.379. The van der Waals surface area contributed by atoms with E-state index in [1.165, 1.54) is 57.8 Å². The van der Waals surface area contributed by atoms with Crippen molar-refractivity contribution >= 4 is 5.91 Å². The van der Waals surface area contributed by atoms with E-state index in [0.29, 0.717) is 25.7 Å². The van der Waals surface area contributed by atoms with Gasteiger partial charge in [0, 0.05) is 6.42 Å². The molecule has 0 aromatic rings. The molecule has 3 rings (SSSR count). The highest BCUT2D eigenvalue weighted by Crippen LogP contribution is 2.33. The maximum absolute atomic E-state index is 13.3. The number of aliphatic hydroxyl groups excluding tert-OH is 11. The molecule has 0 aromatic heterocycles. The molecule has 3 aliphatic heterocycles. The van der Waals surface area contributed by atoms with Crippen molar-refractivity contribution in [3.63, 3.8) is 0 Å². The predicted octanol–water partition coefficient (Wildman–Crippen LogP) is 4.26. The van der Waals surface area contributed by atoms with Crippen LogP contribution in [0.4, 0.5) is 0 Å². The van der Waals surface area contributed by atoms with Crippen molar-refractivity contribution in [2.45, 2.75) is 259 Å². The Kier molecular flexibility index (Phi) is 36.7. The first-order chi connectivity index (χ1) is 37.3. The van der Waals surface area contributed by atoms with E-state index in [9.17, 15) is 61.0 Å². The average Bonchev–Trinajstić information content (AvgIpc) is 3.42. The fourth-order valence-corrected chi connectivity index (χ4v) is 9.33. The number of carbonyl (C=O) groups is 1. The SMILES string of the molecule is CC/C=C\C/C=C\C/C=C\C/C=C\C/C=C\C/C=C\CCC(=O)NC(COC1OC(CO)C(OC2OC(CO)C(OC3OC(CO)C(O)C(O)C3O)C(O)C2O)C(O)C1O)C(O)CCCCCCCCCCCCCCC. The summed E-state index contributed by atoms with van der Waals surface area (Å²) in [5.74, 6) is -0.329. The second-order valence-corrected chi connectivity index (χ2v) is 20.4. The zero-order valence-corrected chi connectivity index (χ0v) is 45.9. The van der Waals surface area contributed by atoms with Gasteiger partial charge in [-0.3, -0.25) is 4.79 Å². The quantitative estimate of drug-likeness (QED) is 0.0301. The molecule has 0 bridgehead atoms. The molecule has 77 heavy (non-hydrogen) atoms. The van der Waals surface area contributed by atoms with Gasteiger partial charge in [-0.2, -0.15) is 0 Å². The first kappa shape index (κ1) is 68.5. The van der Waals surface area contributed by atoms with Crippen molar-refractivity contribution < 1.29 is 89.4 Å². The van der Waals surface area contributed by atoms with Gasteiger partial charge in [-0.25, -0.2) is 0 Å². The summed E-state index contributed by atoms with van der Waals surface area (Å²) in [5, 5.41) is 120. The lowest BCUT2D eigenvalue weighted by Gasteiger charge is -2.48. The summed E-state index contributed by atoms with van der Waals surface area (Å²) in [7, 11) is 0. The van der Waals surface area contributed by atoms with Gasteiger partial charge >= 0.3 is 0 Å². The summed E-state index contributed by atoms with van der Waals surface area (Å²) in [6, 6.07) is -0.930. The maximum atomic E-state index is 13.3. The van der Waals surface area contributed by atoms with Crippen LogP contribution >= 0.6 is 0 Å². The Labute approximate surface area is 458 Å². The zero-order valence-electron chi connectivity index (χ0n) is 45.9. The van der Waals surface area contributed by atoms with Crippen LogP contribution in [0.15, 0.2) is 72.9 Å². The molecule has 17 unspecified atom stereocenters. The minimum Gasteiger partial charge on any atom is -0.394 e. The highest BCUT2D eigenvalue weighted by molar-refractivity contribution is 5.76. The van der Waals surface area contributed by atoms with E-state index >= 15 is 0 Å². The lowest BCUT2D eigenvalue weighted by Crippen LogP contribution is -2.66. The van der Waals surface area contributed by atoms with Gasteiger partial charge in [-0.15, -0.1) is 0 Å². The number of carbonyl (C=O) groups excluding carboxylic acids is 1. The van der Waals surface area contributed by atoms with Crippen molar-refractivity contribution in [3.8, 4) is 0 Å². The molecule has 0 aliphatic carbocycles. The molecule has 3 fully saturated rings. The third-order valence-electron chi connectivity index (χ3n) is 14.1. The van der Waals surface area contributed by atoms with Gasteiger partial charge in [-0.1, -0.05) is 170 Å². The van der Waals surface area contributed by atoms with Crippen LogP contribution in [0.1, 0.15) is 155 Å². The number of nitrogens with one attached hydrogen (secondary N) is 1. The summed E-state index contributed by atoms with van der Waals surface area (Å²) in [6.07, 6.45) is 20.0. The predicted molar refractivity (Wildman–Crippen MR) is 291 cm³/mol. The molecule has 1 amide bonds. The monoisotopic (exact) mass is 1100 g/mol. The molecular formula is C58H99NO18. The van der Waals surface area contributed by atoms with Crippen LogP contribution in [0, 0.1) is 0 Å². The van der Waals surface area contributed by atoms with Crippen molar-refractivity contribution in [3.05, 3.63) is 72.9 Å². The zero-order chi connectivity index (χ0) is 56.2. The van der Waals surface area contributed by atoms with Crippen LogP contribution in [0.2, 0.25) is 0 Å². The fraction of sp³-hybridized carbons (Fsp3) is 0.776. The number of amides is 1. The number of rotatable bonds is 40. The Morgan fingerprint density at radius 1 is 0.481 bits per heavy atom. The van der Waals surface area contributed by atoms with Crippen LogP contribution in [-0.4, -0.2) is 193 Å². The molecule has 3 aliphatic rings. The van der Waals surface area contributed by atoms with Gasteiger partial charge in [-0.05, 0) is 51.4 Å². The molecular weight excluding hydrogens is 999 g/mol. The maximum Gasteiger partial charge on any atom is 0.220 e. The van der Waals surface area contributed by atoms with Crippen molar-refractivity contribution in [2.75, 3.05) is 26.4 Å². The van der Waals surface area contributed by atoms with Gasteiger partial charge in [0.15, 0.2) is 18.9 Å². The van der Waals surface area contributed by atoms with E-state index in [4.69, 9.17) is 28.4 Å². The Balaban J connectivity index is 1.54. The van der Waals surface area contributed by atoms with Gasteiger partial charge in [0.25, 0.3) is 0 Å². The van der Waals surface area contributed by atoms with Crippen molar-refractivity contribution in [1.82, 2.24) is 5.32 Å². The van der Waals surface area contributed by atoms with Gasteiger partial charge in [0.05, 0.1) is 38.6 Å². The van der Waals surface area contributed by atoms with E-state index in [1.807, 2.05) is 12.2 Å². The minimum atomic E-state index is -1.98. The average molecular weight is 1100 g/mol. The third-order valence-corrected chi connectivity index (χ3v) is 14.1. The van der Waals surface area contributed by atoms with Gasteiger partial charge < -0.3 is 89.9 Å². The molecule has 17 atom stereocenters. The summed E-state index contributed by atoms with van der Waals surface area (Å²) in [5.41, 5.74) is 0. The Bertz CT molecular complexity index is 1690. The molecule has 444 valence electrons. The van der Waals surface area contributed by atoms with E-state index in [0.717, 1.165) is 51.4 Å². The number of hydrogen-bond acceptors (Lipinski definition) is 18. The first-order valence-corrected chi connectivity index (χ1v) is 28.7. The molecule has 0 aromatic carbocycles. The topological polar surface area (TPSA) is 307 Å². The van der Waals surface area contributed by atoms with Crippen LogP contribution in [0.25, 0.3) is 0 Å². The second-order valence-electron chi connectivity index (χ2n) is 20.4. The second kappa shape index (κ2) is 41.3. The van der Waals surface area contributed by atoms with Crippen LogP contribution in [0.3, 0.4) is 0 Å². The standard InChI is InChI=1S/C58H99NO18/c1-3-5-7-9-11-13-15-17-18-19-20-21-22-24-26-28-30-32-34-36-46(64)59-41(42(63)35-33-31-29-27-25-23-16-14-12-10-8-6-4-2)40-72-56-52(70)49(67)54(44(38-61)74-56)77-58-53(71)50(68)55(45(39-62)75-58)76-57-51(69)48(66)47(65)43(37-60)73-57/h5,7,11,13,17-18,20-21,24,26,30,32,41-45,47-58,60-63,65-71H,3-4,6,8-10,12,14-16,19,22-23,25,27-29,31,33-40H2,1-2H3,(H,59,64)/b7-5-,13-11-,18-17-,21-20-,26-24-,32-30-. The number of allylic oxidation sites excluding steroid dienone is 12. The molecule has 0 saturated carbocycles. The molecule has 19 heteroatoms. The van der Waals surface area contributed by atoms with Gasteiger partial charge in [0.2, 0.25) is 5.91 Å². The van der Waals surface area contributed by atoms with E-state index in [2.05, 4.69) is 79.9 Å². The number of unbranched alkanes of at least 4 members (excludes halogenated alkanes) is 12. The summed E-state index contributed by atoms with van der Waals surface area (Å²) < 4.78 is 34.2. The number of hydrogen-bond donors (Lipinski definition) is 12. The molecule has 3 saturated heterocycles. The highest BCUT2D eigenvalue weighted by Gasteiger charge is 2.53. The molecule has 0 spiro atoms. The Morgan fingerprint density at radius 2 is 0.870 bits per heavy atom. The third kappa shape index (κ3) is 25.7. The Hall–Kier alpha value is -2.77. The van der Waals surface area contributed by atoms with E-state index in [-0.39, 0.29) is 18.9 Å². The Morgan fingerprint density at radius 3 is 1.32 bits per heavy atom. The summed E-state index contributed by atoms with van der Waals surface area (Å²) in [4.78, 5) is 13.3. The molecule has 19 nitrogen and oxygen atoms in total.